The molecule has 168 valence electrons. The zero-order chi connectivity index (χ0) is 23.4. The summed E-state index contributed by atoms with van der Waals surface area (Å²) < 4.78 is 22.5. The molecule has 0 amide bonds. The van der Waals surface area contributed by atoms with E-state index >= 15 is 0 Å². The molecular weight excluding hydrogens is 472 g/mol. The molecule has 6 nitrogen and oxygen atoms in total. The van der Waals surface area contributed by atoms with Crippen LogP contribution in [-0.2, 0) is 19.1 Å². The van der Waals surface area contributed by atoms with Crippen LogP contribution in [0.2, 0.25) is 0 Å². The number of carbonyl (C=O) groups excluding carboxylic acids is 2. The highest BCUT2D eigenvalue weighted by Gasteiger charge is 2.33. The number of thiophene rings is 2. The fourth-order valence-corrected chi connectivity index (χ4v) is 5.45. The highest BCUT2D eigenvalue weighted by Crippen LogP contribution is 2.39. The predicted octanol–water partition coefficient (Wildman–Crippen LogP) is 6.74. The van der Waals surface area contributed by atoms with E-state index in [0.717, 1.165) is 25.3 Å². The third-order valence-corrected chi connectivity index (χ3v) is 7.48. The topological polar surface area (TPSA) is 78.9 Å². The minimum absolute atomic E-state index is 0.187. The van der Waals surface area contributed by atoms with Crippen molar-refractivity contribution in [1.82, 2.24) is 0 Å². The number of ether oxygens (including phenoxy) is 2. The lowest BCUT2D eigenvalue weighted by atomic mass is 10.1. The first-order valence-electron chi connectivity index (χ1n) is 10.4. The Morgan fingerprint density at radius 1 is 0.588 bits per heavy atom. The third-order valence-electron chi connectivity index (χ3n) is 5.35. The lowest BCUT2D eigenvalue weighted by Gasteiger charge is -1.98. The number of esters is 2. The second-order valence-electron chi connectivity index (χ2n) is 7.77. The lowest BCUT2D eigenvalue weighted by Crippen LogP contribution is -2.05. The van der Waals surface area contributed by atoms with Crippen LogP contribution in [-0.4, -0.2) is 11.9 Å². The zero-order valence-corrected chi connectivity index (χ0v) is 19.7. The van der Waals surface area contributed by atoms with Crippen molar-refractivity contribution in [2.24, 2.45) is 0 Å². The molecule has 0 saturated heterocycles. The summed E-state index contributed by atoms with van der Waals surface area (Å²) in [5, 5.41) is 0. The number of aryl methyl sites for hydroxylation is 2. The van der Waals surface area contributed by atoms with Gasteiger partial charge in [-0.2, -0.15) is 0 Å². The van der Waals surface area contributed by atoms with Crippen molar-refractivity contribution >= 4 is 46.1 Å². The van der Waals surface area contributed by atoms with Crippen molar-refractivity contribution in [2.45, 2.75) is 13.8 Å². The predicted molar refractivity (Wildman–Crippen MR) is 129 cm³/mol. The monoisotopic (exact) mass is 488 g/mol. The number of hydrogen-bond acceptors (Lipinski definition) is 8. The molecule has 0 bridgehead atoms. The molecular formula is C26H16O6S2. The van der Waals surface area contributed by atoms with Gasteiger partial charge in [-0.25, -0.2) is 9.59 Å². The van der Waals surface area contributed by atoms with Gasteiger partial charge >= 0.3 is 11.9 Å². The van der Waals surface area contributed by atoms with Gasteiger partial charge in [-0.1, -0.05) is 0 Å². The normalized spacial score (nSPS) is 17.7. The molecule has 8 heteroatoms. The quantitative estimate of drug-likeness (QED) is 0.234. The van der Waals surface area contributed by atoms with Crippen LogP contribution < -0.4 is 0 Å². The fraction of sp³-hybridized carbons (Fsp3) is 0.0769. The van der Waals surface area contributed by atoms with E-state index in [4.69, 9.17) is 18.3 Å². The van der Waals surface area contributed by atoms with E-state index in [-0.39, 0.29) is 11.1 Å². The van der Waals surface area contributed by atoms with Crippen LogP contribution >= 0.6 is 22.7 Å². The Bertz CT molecular complexity index is 1570. The van der Waals surface area contributed by atoms with E-state index in [1.54, 1.807) is 12.2 Å². The van der Waals surface area contributed by atoms with E-state index in [0.29, 0.717) is 28.8 Å². The highest BCUT2D eigenvalue weighted by atomic mass is 32.1. The maximum atomic E-state index is 12.6. The summed E-state index contributed by atoms with van der Waals surface area (Å²) >= 11 is 2.94. The molecule has 0 fully saturated rings. The van der Waals surface area contributed by atoms with Gasteiger partial charge in [-0.15, -0.1) is 22.7 Å². The summed E-state index contributed by atoms with van der Waals surface area (Å²) in [6.45, 7) is 3.86. The second-order valence-corrected chi connectivity index (χ2v) is 10.1. The van der Waals surface area contributed by atoms with Gasteiger partial charge in [-0.3, -0.25) is 0 Å². The fourth-order valence-electron chi connectivity index (χ4n) is 3.71. The van der Waals surface area contributed by atoms with Gasteiger partial charge in [0, 0.05) is 4.88 Å². The summed E-state index contributed by atoms with van der Waals surface area (Å²) in [6, 6.07) is 15.1. The third kappa shape index (κ3) is 3.57. The van der Waals surface area contributed by atoms with Gasteiger partial charge in [-0.05, 0) is 74.5 Å². The smallest absolute Gasteiger partial charge is 0.344 e. The SMILES string of the molecule is Cc1ccc(-c2ccc(-c3ccc(C4=C/C(=C5/C=C(c6ccc(C)s6)OC5=O)C(=O)O4)s3)o2)o1. The van der Waals surface area contributed by atoms with Crippen molar-refractivity contribution in [1.29, 1.82) is 0 Å². The van der Waals surface area contributed by atoms with Crippen molar-refractivity contribution < 1.29 is 27.9 Å². The molecule has 4 aromatic rings. The molecule has 2 aliphatic rings. The summed E-state index contributed by atoms with van der Waals surface area (Å²) in [6.07, 6.45) is 3.19. The van der Waals surface area contributed by atoms with Crippen LogP contribution in [0.5, 0.6) is 0 Å². The van der Waals surface area contributed by atoms with Crippen LogP contribution in [0.25, 0.3) is 33.7 Å². The summed E-state index contributed by atoms with van der Waals surface area (Å²) in [5.74, 6) is 2.49. The molecule has 6 heterocycles. The van der Waals surface area contributed by atoms with Crippen molar-refractivity contribution in [3.63, 3.8) is 0 Å². The van der Waals surface area contributed by atoms with Crippen LogP contribution in [0.4, 0.5) is 0 Å². The average molecular weight is 489 g/mol. The molecule has 0 saturated carbocycles. The van der Waals surface area contributed by atoms with Gasteiger partial charge in [0.2, 0.25) is 0 Å². The first kappa shape index (κ1) is 20.7. The maximum Gasteiger partial charge on any atom is 0.344 e. The Labute approximate surface area is 202 Å². The van der Waals surface area contributed by atoms with Gasteiger partial charge in [0.15, 0.2) is 11.5 Å². The Balaban J connectivity index is 1.29. The standard InChI is InChI=1S/C26H16O6S2/c1-13-3-5-17(29-13)18-6-7-19(30-18)22-9-10-24(34-22)21-12-16(26(28)32-21)15-11-20(31-25(15)27)23-8-4-14(2)33-23/h3-12H,1-2H3/b16-15+. The lowest BCUT2D eigenvalue weighted by molar-refractivity contribution is -0.133. The largest absolute Gasteiger partial charge is 0.458 e. The highest BCUT2D eigenvalue weighted by molar-refractivity contribution is 7.16. The molecule has 0 spiro atoms. The van der Waals surface area contributed by atoms with Crippen molar-refractivity contribution in [3.8, 4) is 22.2 Å². The molecule has 4 aromatic heterocycles. The second kappa shape index (κ2) is 7.86. The van der Waals surface area contributed by atoms with Crippen LogP contribution in [0.1, 0.15) is 20.4 Å². The van der Waals surface area contributed by atoms with Gasteiger partial charge in [0.25, 0.3) is 0 Å². The van der Waals surface area contributed by atoms with E-state index in [1.165, 1.54) is 22.7 Å². The number of hydrogen-bond donors (Lipinski definition) is 0. The molecule has 0 aromatic carbocycles. The van der Waals surface area contributed by atoms with E-state index < -0.39 is 11.9 Å². The first-order valence-corrected chi connectivity index (χ1v) is 12.0. The molecule has 0 unspecified atom stereocenters. The van der Waals surface area contributed by atoms with Gasteiger partial charge in [0.05, 0.1) is 25.8 Å². The van der Waals surface area contributed by atoms with E-state index in [9.17, 15) is 9.59 Å². The number of carbonyl (C=O) groups is 2. The van der Waals surface area contributed by atoms with E-state index in [2.05, 4.69) is 0 Å². The number of cyclic esters (lactones) is 2. The minimum Gasteiger partial charge on any atom is -0.458 e. The summed E-state index contributed by atoms with van der Waals surface area (Å²) in [7, 11) is 0. The molecule has 0 aliphatic carbocycles. The Morgan fingerprint density at radius 3 is 1.76 bits per heavy atom. The molecule has 0 radical (unpaired) electrons. The Morgan fingerprint density at radius 2 is 1.15 bits per heavy atom. The van der Waals surface area contributed by atoms with Crippen molar-refractivity contribution in [2.75, 3.05) is 0 Å². The minimum atomic E-state index is -0.578. The average Bonchev–Trinajstić information content (AvgIpc) is 3.61. The van der Waals surface area contributed by atoms with E-state index in [1.807, 2.05) is 62.4 Å². The Hall–Kier alpha value is -3.88. The molecule has 0 atom stereocenters. The molecule has 6 rings (SSSR count). The Kier molecular flexibility index (Phi) is 4.79. The van der Waals surface area contributed by atoms with Gasteiger partial charge < -0.3 is 18.3 Å². The zero-order valence-electron chi connectivity index (χ0n) is 18.0. The van der Waals surface area contributed by atoms with Crippen molar-refractivity contribution in [3.05, 3.63) is 92.2 Å². The molecule has 0 N–H and O–H groups in total. The number of rotatable bonds is 4. The first-order chi connectivity index (χ1) is 16.4. The molecule has 34 heavy (non-hydrogen) atoms. The van der Waals surface area contributed by atoms with Gasteiger partial charge in [0.1, 0.15) is 23.0 Å². The van der Waals surface area contributed by atoms with Crippen LogP contribution in [0.15, 0.2) is 80.7 Å². The van der Waals surface area contributed by atoms with Crippen LogP contribution in [0, 0.1) is 13.8 Å². The summed E-state index contributed by atoms with van der Waals surface area (Å²) in [4.78, 5) is 28.6. The number of furan rings is 2. The van der Waals surface area contributed by atoms with Crippen LogP contribution in [0.3, 0.4) is 0 Å². The summed E-state index contributed by atoms with van der Waals surface area (Å²) in [5.41, 5.74) is 0.383. The molecule has 2 aliphatic heterocycles. The maximum absolute atomic E-state index is 12.6.